The smallest absolute Gasteiger partial charge is 0.305 e. The zero-order valence-corrected chi connectivity index (χ0v) is 17.7. The van der Waals surface area contributed by atoms with Gasteiger partial charge in [0.2, 0.25) is 5.78 Å². The number of methoxy groups -OCH3 is 1. The van der Waals surface area contributed by atoms with Gasteiger partial charge in [-0.2, -0.15) is 0 Å². The first-order valence-corrected chi connectivity index (χ1v) is 10.0. The first-order chi connectivity index (χ1) is 13.8. The van der Waals surface area contributed by atoms with Gasteiger partial charge in [-0.3, -0.25) is 14.4 Å². The Balaban J connectivity index is 2.04. The average Bonchev–Trinajstić information content (AvgIpc) is 2.90. The molecule has 0 aromatic heterocycles. The minimum Gasteiger partial charge on any atom is -0.492 e. The maximum atomic E-state index is 12.5. The predicted octanol–water partition coefficient (Wildman–Crippen LogP) is 3.22. The summed E-state index contributed by atoms with van der Waals surface area (Å²) in [5.41, 5.74) is 0.503. The number of Topliss-reactive ketones (excluding diaryl/α,β-unsaturated/α-hetero) is 1. The van der Waals surface area contributed by atoms with Crippen LogP contribution in [-0.2, 0) is 33.3 Å². The Kier molecular flexibility index (Phi) is 8.92. The number of hydrogen-bond acceptors (Lipinski definition) is 7. The molecule has 160 valence electrons. The van der Waals surface area contributed by atoms with Crippen molar-refractivity contribution in [3.8, 4) is 0 Å². The van der Waals surface area contributed by atoms with E-state index in [4.69, 9.17) is 25.8 Å². The van der Waals surface area contributed by atoms with Crippen LogP contribution < -0.4 is 0 Å². The topological polar surface area (TPSA) is 88.1 Å². The Morgan fingerprint density at radius 2 is 2.00 bits per heavy atom. The highest BCUT2D eigenvalue weighted by Crippen LogP contribution is 2.38. The molecule has 1 aliphatic carbocycles. The maximum absolute atomic E-state index is 12.5. The molecular formula is C21H27ClO7. The fourth-order valence-corrected chi connectivity index (χ4v) is 3.48. The lowest BCUT2D eigenvalue weighted by Crippen LogP contribution is -2.24. The minimum atomic E-state index is -0.600. The summed E-state index contributed by atoms with van der Waals surface area (Å²) in [4.78, 5) is 35.1. The van der Waals surface area contributed by atoms with Gasteiger partial charge in [-0.15, -0.1) is 0 Å². The van der Waals surface area contributed by atoms with Gasteiger partial charge in [-0.1, -0.05) is 30.7 Å². The van der Waals surface area contributed by atoms with Gasteiger partial charge in [0.1, 0.15) is 23.0 Å². The van der Waals surface area contributed by atoms with Gasteiger partial charge in [0.15, 0.2) is 0 Å². The van der Waals surface area contributed by atoms with Crippen molar-refractivity contribution in [3.05, 3.63) is 34.6 Å². The van der Waals surface area contributed by atoms with Crippen LogP contribution in [0.15, 0.2) is 34.6 Å². The third-order valence-electron chi connectivity index (χ3n) is 4.78. The molecule has 2 aliphatic rings. The van der Waals surface area contributed by atoms with E-state index in [2.05, 4.69) is 4.74 Å². The van der Waals surface area contributed by atoms with Crippen LogP contribution in [0.5, 0.6) is 0 Å². The van der Waals surface area contributed by atoms with E-state index in [0.29, 0.717) is 24.5 Å². The number of halogens is 1. The molecule has 8 heteroatoms. The first-order valence-electron chi connectivity index (χ1n) is 9.64. The highest BCUT2D eigenvalue weighted by Gasteiger charge is 2.36. The second-order valence-electron chi connectivity index (χ2n) is 6.93. The van der Waals surface area contributed by atoms with E-state index in [1.54, 1.807) is 18.2 Å². The molecule has 0 aromatic carbocycles. The van der Waals surface area contributed by atoms with Crippen molar-refractivity contribution in [2.45, 2.75) is 51.7 Å². The number of hydrogen-bond donors (Lipinski definition) is 0. The molecule has 0 spiro atoms. The van der Waals surface area contributed by atoms with Crippen molar-refractivity contribution in [3.63, 3.8) is 0 Å². The molecule has 0 bridgehead atoms. The average molecular weight is 427 g/mol. The fraction of sp³-hybridized carbons (Fsp3) is 0.571. The highest BCUT2D eigenvalue weighted by molar-refractivity contribution is 6.46. The van der Waals surface area contributed by atoms with Crippen LogP contribution in [-0.4, -0.2) is 50.3 Å². The van der Waals surface area contributed by atoms with Crippen molar-refractivity contribution in [1.82, 2.24) is 0 Å². The summed E-state index contributed by atoms with van der Waals surface area (Å²) in [7, 11) is 1.30. The number of allylic oxidation sites excluding steroid dienone is 4. The van der Waals surface area contributed by atoms with E-state index < -0.39 is 12.1 Å². The van der Waals surface area contributed by atoms with Gasteiger partial charge in [0.25, 0.3) is 0 Å². The molecule has 0 saturated carbocycles. The second-order valence-corrected chi connectivity index (χ2v) is 7.31. The molecule has 7 nitrogen and oxygen atoms in total. The number of esters is 2. The van der Waals surface area contributed by atoms with Crippen LogP contribution >= 0.6 is 11.6 Å². The predicted molar refractivity (Wildman–Crippen MR) is 106 cm³/mol. The third-order valence-corrected chi connectivity index (χ3v) is 5.14. The van der Waals surface area contributed by atoms with Crippen molar-refractivity contribution in [1.29, 1.82) is 0 Å². The van der Waals surface area contributed by atoms with Gasteiger partial charge < -0.3 is 18.9 Å². The van der Waals surface area contributed by atoms with E-state index in [1.807, 2.05) is 6.92 Å². The van der Waals surface area contributed by atoms with Crippen LogP contribution in [0.3, 0.4) is 0 Å². The summed E-state index contributed by atoms with van der Waals surface area (Å²) < 4.78 is 21.1. The standard InChI is InChI=1S/C21H27ClO7/c1-13-17(6-4-5-15(28-14(2)23)7-8-18(24)26-3)20(25)19(22)21(13)29-16-9-11-27-12-10-16/h4-6,13,15-16H,7-12H2,1-3H3/t13?,15-/m0/s1. The summed E-state index contributed by atoms with van der Waals surface area (Å²) in [5, 5.41) is 0.103. The SMILES string of the molecule is COC(=O)CC[C@H](C=CC=C1C(=O)C(Cl)=C(OC2CCOCC2)C1C)OC(C)=O. The Hall–Kier alpha value is -2.12. The molecule has 0 amide bonds. The molecule has 1 saturated heterocycles. The number of ketones is 1. The molecule has 29 heavy (non-hydrogen) atoms. The van der Waals surface area contributed by atoms with Gasteiger partial charge in [0.05, 0.1) is 20.3 Å². The third kappa shape index (κ3) is 6.72. The van der Waals surface area contributed by atoms with Crippen LogP contribution in [0.2, 0.25) is 0 Å². The quantitative estimate of drug-likeness (QED) is 0.435. The van der Waals surface area contributed by atoms with Crippen LogP contribution in [0, 0.1) is 5.92 Å². The summed E-state index contributed by atoms with van der Waals surface area (Å²) in [5.74, 6) is -0.904. The second kappa shape index (κ2) is 11.2. The zero-order chi connectivity index (χ0) is 21.4. The van der Waals surface area contributed by atoms with Crippen molar-refractivity contribution in [2.75, 3.05) is 20.3 Å². The normalized spacial score (nSPS) is 23.0. The number of carbonyl (C=O) groups excluding carboxylic acids is 3. The molecular weight excluding hydrogens is 400 g/mol. The first kappa shape index (κ1) is 23.2. The summed E-state index contributed by atoms with van der Waals surface area (Å²) in [6.07, 6.45) is 6.22. The van der Waals surface area contributed by atoms with Gasteiger partial charge in [0, 0.05) is 37.7 Å². The largest absolute Gasteiger partial charge is 0.492 e. The minimum absolute atomic E-state index is 0.00990. The summed E-state index contributed by atoms with van der Waals surface area (Å²) in [6.45, 7) is 4.42. The molecule has 1 unspecified atom stereocenters. The lowest BCUT2D eigenvalue weighted by molar-refractivity contribution is -0.147. The lowest BCUT2D eigenvalue weighted by atomic mass is 10.0. The molecule has 0 aromatic rings. The lowest BCUT2D eigenvalue weighted by Gasteiger charge is -2.25. The van der Waals surface area contributed by atoms with Crippen LogP contribution in [0.4, 0.5) is 0 Å². The van der Waals surface area contributed by atoms with Gasteiger partial charge in [-0.05, 0) is 12.5 Å². The van der Waals surface area contributed by atoms with E-state index in [9.17, 15) is 14.4 Å². The summed E-state index contributed by atoms with van der Waals surface area (Å²) >= 11 is 6.24. The fourth-order valence-electron chi connectivity index (χ4n) is 3.17. The number of ether oxygens (including phenoxy) is 4. The molecule has 1 heterocycles. The van der Waals surface area contributed by atoms with Crippen molar-refractivity contribution < 1.29 is 33.3 Å². The Morgan fingerprint density at radius 1 is 1.31 bits per heavy atom. The molecule has 2 rings (SSSR count). The Labute approximate surface area is 175 Å². The Morgan fingerprint density at radius 3 is 2.62 bits per heavy atom. The highest BCUT2D eigenvalue weighted by atomic mass is 35.5. The van der Waals surface area contributed by atoms with Crippen LogP contribution in [0.1, 0.15) is 39.5 Å². The molecule has 1 fully saturated rings. The zero-order valence-electron chi connectivity index (χ0n) is 16.9. The maximum Gasteiger partial charge on any atom is 0.305 e. The van der Waals surface area contributed by atoms with Gasteiger partial charge >= 0.3 is 11.9 Å². The van der Waals surface area contributed by atoms with E-state index in [-0.39, 0.29) is 41.6 Å². The molecule has 1 aliphatic heterocycles. The van der Waals surface area contributed by atoms with Gasteiger partial charge in [-0.25, -0.2) is 0 Å². The van der Waals surface area contributed by atoms with Crippen molar-refractivity contribution in [2.24, 2.45) is 5.92 Å². The van der Waals surface area contributed by atoms with Crippen LogP contribution in [0.25, 0.3) is 0 Å². The van der Waals surface area contributed by atoms with Crippen molar-refractivity contribution >= 4 is 29.3 Å². The Bertz CT molecular complexity index is 717. The number of rotatable bonds is 8. The summed E-state index contributed by atoms with van der Waals surface area (Å²) in [6, 6.07) is 0. The molecule has 0 N–H and O–H groups in total. The monoisotopic (exact) mass is 426 g/mol. The molecule has 0 radical (unpaired) electrons. The number of carbonyl (C=O) groups is 3. The van der Waals surface area contributed by atoms with E-state index >= 15 is 0 Å². The van der Waals surface area contributed by atoms with E-state index in [0.717, 1.165) is 12.8 Å². The molecule has 2 atom stereocenters. The van der Waals surface area contributed by atoms with E-state index in [1.165, 1.54) is 14.0 Å².